The van der Waals surface area contributed by atoms with E-state index in [9.17, 15) is 0 Å². The number of aromatic nitrogens is 2. The van der Waals surface area contributed by atoms with Crippen molar-refractivity contribution in [3.05, 3.63) is 50.7 Å². The van der Waals surface area contributed by atoms with Gasteiger partial charge in [0.25, 0.3) is 0 Å². The highest BCUT2D eigenvalue weighted by molar-refractivity contribution is 9.10. The predicted molar refractivity (Wildman–Crippen MR) is 91.9 cm³/mol. The first-order chi connectivity index (χ1) is 10.1. The van der Waals surface area contributed by atoms with Crippen LogP contribution in [0.4, 0.5) is 0 Å². The number of aryl methyl sites for hydroxylation is 2. The summed E-state index contributed by atoms with van der Waals surface area (Å²) in [6.45, 7) is 5.02. The second-order valence-electron chi connectivity index (χ2n) is 4.97. The van der Waals surface area contributed by atoms with Crippen molar-refractivity contribution in [3.8, 4) is 0 Å². The molecule has 1 heterocycles. The first kappa shape index (κ1) is 16.5. The zero-order valence-corrected chi connectivity index (χ0v) is 15.0. The van der Waals surface area contributed by atoms with Crippen LogP contribution in [0.25, 0.3) is 0 Å². The van der Waals surface area contributed by atoms with Gasteiger partial charge in [0.05, 0.1) is 16.4 Å². The molecule has 0 aliphatic carbocycles. The Labute approximate surface area is 139 Å². The number of rotatable bonds is 6. The Hall–Kier alpha value is -0.840. The lowest BCUT2D eigenvalue weighted by atomic mass is 10.0. The lowest BCUT2D eigenvalue weighted by Crippen LogP contribution is -2.20. The summed E-state index contributed by atoms with van der Waals surface area (Å²) in [4.78, 5) is 0. The second-order valence-corrected chi connectivity index (χ2v) is 6.27. The lowest BCUT2D eigenvalue weighted by Gasteiger charge is -2.17. The smallest absolute Gasteiger partial charge is 0.0850 e. The fraction of sp³-hybridized carbons (Fsp3) is 0.438. The number of benzene rings is 1. The third-order valence-electron chi connectivity index (χ3n) is 3.71. The van der Waals surface area contributed by atoms with Gasteiger partial charge in [-0.05, 0) is 38.1 Å². The molecule has 1 aromatic heterocycles. The van der Waals surface area contributed by atoms with Crippen LogP contribution in [0.15, 0.2) is 28.7 Å². The maximum atomic E-state index is 6.50. The Morgan fingerprint density at radius 2 is 1.95 bits per heavy atom. The van der Waals surface area contributed by atoms with Crippen LogP contribution < -0.4 is 5.32 Å². The van der Waals surface area contributed by atoms with E-state index in [1.54, 1.807) is 0 Å². The van der Waals surface area contributed by atoms with Crippen molar-refractivity contribution in [2.24, 2.45) is 0 Å². The highest BCUT2D eigenvalue weighted by Crippen LogP contribution is 2.27. The maximum Gasteiger partial charge on any atom is 0.0850 e. The Morgan fingerprint density at radius 1 is 1.29 bits per heavy atom. The van der Waals surface area contributed by atoms with Gasteiger partial charge in [0.2, 0.25) is 0 Å². The van der Waals surface area contributed by atoms with E-state index in [2.05, 4.69) is 64.5 Å². The summed E-state index contributed by atoms with van der Waals surface area (Å²) < 4.78 is 3.11. The van der Waals surface area contributed by atoms with Gasteiger partial charge in [-0.25, -0.2) is 0 Å². The SMILES string of the molecule is CCc1nn(CC)c(CC(NC)c2ccc(Br)cc2)c1Cl. The van der Waals surface area contributed by atoms with E-state index in [-0.39, 0.29) is 6.04 Å². The largest absolute Gasteiger partial charge is 0.313 e. The molecule has 0 fully saturated rings. The Morgan fingerprint density at radius 3 is 2.48 bits per heavy atom. The molecule has 114 valence electrons. The van der Waals surface area contributed by atoms with Gasteiger partial charge in [-0.2, -0.15) is 5.10 Å². The third kappa shape index (κ3) is 3.68. The van der Waals surface area contributed by atoms with E-state index in [4.69, 9.17) is 11.6 Å². The van der Waals surface area contributed by atoms with Gasteiger partial charge in [0.15, 0.2) is 0 Å². The van der Waals surface area contributed by atoms with Crippen molar-refractivity contribution in [2.75, 3.05) is 7.05 Å². The molecule has 1 aromatic carbocycles. The zero-order valence-electron chi connectivity index (χ0n) is 12.7. The molecule has 2 rings (SSSR count). The van der Waals surface area contributed by atoms with E-state index in [0.717, 1.165) is 40.3 Å². The molecule has 0 bridgehead atoms. The molecule has 0 aliphatic heterocycles. The van der Waals surface area contributed by atoms with Crippen molar-refractivity contribution in [1.82, 2.24) is 15.1 Å². The van der Waals surface area contributed by atoms with Gasteiger partial charge in [0.1, 0.15) is 0 Å². The van der Waals surface area contributed by atoms with E-state index in [1.165, 1.54) is 5.56 Å². The second kappa shape index (κ2) is 7.43. The predicted octanol–water partition coefficient (Wildman–Crippen LogP) is 4.38. The minimum Gasteiger partial charge on any atom is -0.313 e. The summed E-state index contributed by atoms with van der Waals surface area (Å²) in [5, 5.41) is 8.78. The molecule has 1 atom stereocenters. The van der Waals surface area contributed by atoms with Crippen LogP contribution in [0.3, 0.4) is 0 Å². The lowest BCUT2D eigenvalue weighted by molar-refractivity contribution is 0.540. The van der Waals surface area contributed by atoms with Crippen LogP contribution >= 0.6 is 27.5 Å². The molecule has 21 heavy (non-hydrogen) atoms. The summed E-state index contributed by atoms with van der Waals surface area (Å²) in [6.07, 6.45) is 1.69. The quantitative estimate of drug-likeness (QED) is 0.817. The van der Waals surface area contributed by atoms with E-state index < -0.39 is 0 Å². The van der Waals surface area contributed by atoms with Gasteiger partial charge in [0, 0.05) is 23.5 Å². The van der Waals surface area contributed by atoms with Gasteiger partial charge >= 0.3 is 0 Å². The Kier molecular flexibility index (Phi) is 5.85. The topological polar surface area (TPSA) is 29.9 Å². The van der Waals surface area contributed by atoms with Crippen LogP contribution in [-0.2, 0) is 19.4 Å². The fourth-order valence-electron chi connectivity index (χ4n) is 2.49. The summed E-state index contributed by atoms with van der Waals surface area (Å²) >= 11 is 9.98. The van der Waals surface area contributed by atoms with Gasteiger partial charge in [-0.3, -0.25) is 4.68 Å². The number of halogens is 2. The maximum absolute atomic E-state index is 6.50. The molecule has 0 saturated heterocycles. The van der Waals surface area contributed by atoms with Crippen LogP contribution in [-0.4, -0.2) is 16.8 Å². The van der Waals surface area contributed by atoms with Crippen molar-refractivity contribution in [1.29, 1.82) is 0 Å². The first-order valence-corrected chi connectivity index (χ1v) is 8.44. The fourth-order valence-corrected chi connectivity index (χ4v) is 3.10. The summed E-state index contributed by atoms with van der Waals surface area (Å²) in [5.74, 6) is 0. The number of likely N-dealkylation sites (N-methyl/N-ethyl adjacent to an activating group) is 1. The normalized spacial score (nSPS) is 12.6. The molecule has 0 aliphatic rings. The van der Waals surface area contributed by atoms with E-state index in [0.29, 0.717) is 0 Å². The molecule has 0 spiro atoms. The van der Waals surface area contributed by atoms with Gasteiger partial charge in [-0.1, -0.05) is 46.6 Å². The monoisotopic (exact) mass is 369 g/mol. The highest BCUT2D eigenvalue weighted by Gasteiger charge is 2.19. The Balaban J connectivity index is 2.30. The summed E-state index contributed by atoms with van der Waals surface area (Å²) in [7, 11) is 1.98. The van der Waals surface area contributed by atoms with E-state index >= 15 is 0 Å². The molecule has 0 radical (unpaired) electrons. The molecule has 3 nitrogen and oxygen atoms in total. The molecule has 0 amide bonds. The zero-order chi connectivity index (χ0) is 15.4. The molecule has 0 saturated carbocycles. The van der Waals surface area contributed by atoms with Crippen molar-refractivity contribution < 1.29 is 0 Å². The molecule has 2 aromatic rings. The van der Waals surface area contributed by atoms with Crippen molar-refractivity contribution in [2.45, 2.75) is 39.3 Å². The summed E-state index contributed by atoms with van der Waals surface area (Å²) in [5.41, 5.74) is 3.34. The first-order valence-electron chi connectivity index (χ1n) is 7.27. The molecule has 1 unspecified atom stereocenters. The van der Waals surface area contributed by atoms with Crippen LogP contribution in [0.1, 0.15) is 36.8 Å². The Bertz CT molecular complexity index is 592. The standard InChI is InChI=1S/C16H21BrClN3/c1-4-13-16(18)15(21(5-2)20-13)10-14(19-3)11-6-8-12(17)9-7-11/h6-9,14,19H,4-5,10H2,1-3H3. The number of nitrogens with zero attached hydrogens (tertiary/aromatic N) is 2. The average Bonchev–Trinajstić information content (AvgIpc) is 2.81. The molecule has 5 heteroatoms. The molecule has 1 N–H and O–H groups in total. The highest BCUT2D eigenvalue weighted by atomic mass is 79.9. The minimum absolute atomic E-state index is 0.224. The minimum atomic E-state index is 0.224. The molecular weight excluding hydrogens is 350 g/mol. The van der Waals surface area contributed by atoms with Gasteiger partial charge in [-0.15, -0.1) is 0 Å². The third-order valence-corrected chi connectivity index (χ3v) is 4.68. The van der Waals surface area contributed by atoms with E-state index in [1.807, 2.05) is 11.7 Å². The van der Waals surface area contributed by atoms with Gasteiger partial charge < -0.3 is 5.32 Å². The molecular formula is C16H21BrClN3. The van der Waals surface area contributed by atoms with Crippen LogP contribution in [0.5, 0.6) is 0 Å². The number of nitrogens with one attached hydrogen (secondary N) is 1. The number of hydrogen-bond acceptors (Lipinski definition) is 2. The average molecular weight is 371 g/mol. The van der Waals surface area contributed by atoms with Crippen molar-refractivity contribution >= 4 is 27.5 Å². The van der Waals surface area contributed by atoms with Crippen molar-refractivity contribution in [3.63, 3.8) is 0 Å². The summed E-state index contributed by atoms with van der Waals surface area (Å²) in [6, 6.07) is 8.62. The van der Waals surface area contributed by atoms with Crippen LogP contribution in [0.2, 0.25) is 5.02 Å². The van der Waals surface area contributed by atoms with Crippen LogP contribution in [0, 0.1) is 0 Å². The number of hydrogen-bond donors (Lipinski definition) is 1.